The van der Waals surface area contributed by atoms with Crippen molar-refractivity contribution in [3.63, 3.8) is 0 Å². The predicted octanol–water partition coefficient (Wildman–Crippen LogP) is 1.93. The summed E-state index contributed by atoms with van der Waals surface area (Å²) in [6.07, 6.45) is 2.63. The summed E-state index contributed by atoms with van der Waals surface area (Å²) in [5.74, 6) is 0. The third-order valence-corrected chi connectivity index (χ3v) is 3.48. The lowest BCUT2D eigenvalue weighted by Crippen LogP contribution is -2.46. The fraction of sp³-hybridized carbons (Fsp3) is 0.294. The Kier molecular flexibility index (Phi) is 5.04. The number of hydrogen-bond acceptors (Lipinski definition) is 4. The highest BCUT2D eigenvalue weighted by Gasteiger charge is 2.28. The van der Waals surface area contributed by atoms with Crippen LogP contribution in [0.5, 0.6) is 0 Å². The van der Waals surface area contributed by atoms with Crippen molar-refractivity contribution in [1.82, 2.24) is 9.88 Å². The normalized spacial score (nSPS) is 13.6. The quantitative estimate of drug-likeness (QED) is 0.878. The lowest BCUT2D eigenvalue weighted by Gasteiger charge is -2.28. The summed E-state index contributed by atoms with van der Waals surface area (Å²) in [5.41, 5.74) is 7.17. The Hall–Kier alpha value is -2.22. The summed E-state index contributed by atoms with van der Waals surface area (Å²) in [7, 11) is 1.98. The molecule has 0 saturated carbocycles. The average Bonchev–Trinajstić information content (AvgIpc) is 2.54. The van der Waals surface area contributed by atoms with Crippen LogP contribution in [0.25, 0.3) is 0 Å². The van der Waals surface area contributed by atoms with Crippen LogP contribution >= 0.6 is 0 Å². The molecule has 0 aliphatic carbocycles. The molecule has 1 heterocycles. The van der Waals surface area contributed by atoms with Gasteiger partial charge in [-0.1, -0.05) is 36.4 Å². The summed E-state index contributed by atoms with van der Waals surface area (Å²) in [6, 6.07) is 17.7. The van der Waals surface area contributed by atoms with Gasteiger partial charge < -0.3 is 10.6 Å². The van der Waals surface area contributed by atoms with Gasteiger partial charge in [0.25, 0.3) is 0 Å². The van der Waals surface area contributed by atoms with Gasteiger partial charge in [0.2, 0.25) is 0 Å². The van der Waals surface area contributed by atoms with Gasteiger partial charge in [0.1, 0.15) is 5.54 Å². The number of rotatable bonds is 6. The van der Waals surface area contributed by atoms with Crippen LogP contribution in [0.15, 0.2) is 54.7 Å². The highest BCUT2D eigenvalue weighted by molar-refractivity contribution is 5.31. The zero-order valence-electron chi connectivity index (χ0n) is 12.2. The van der Waals surface area contributed by atoms with Gasteiger partial charge in [-0.2, -0.15) is 5.26 Å². The molecule has 4 heteroatoms. The standard InChI is InChI=1S/C17H20N4/c1-21(12-10-16-9-5-6-11-20-16)14-17(19,13-18)15-7-3-2-4-8-15/h2-9,11H,10,12,14,19H2,1H3. The number of likely N-dealkylation sites (N-methyl/N-ethyl adjacent to an activating group) is 1. The smallest absolute Gasteiger partial charge is 0.142 e. The molecule has 4 nitrogen and oxygen atoms in total. The molecule has 1 atom stereocenters. The van der Waals surface area contributed by atoms with Crippen LogP contribution in [0.3, 0.4) is 0 Å². The topological polar surface area (TPSA) is 65.9 Å². The van der Waals surface area contributed by atoms with Crippen molar-refractivity contribution in [2.24, 2.45) is 5.73 Å². The van der Waals surface area contributed by atoms with E-state index in [4.69, 9.17) is 5.73 Å². The molecule has 0 fully saturated rings. The first-order valence-corrected chi connectivity index (χ1v) is 6.98. The van der Waals surface area contributed by atoms with Gasteiger partial charge in [-0.05, 0) is 24.7 Å². The molecule has 21 heavy (non-hydrogen) atoms. The molecule has 0 amide bonds. The van der Waals surface area contributed by atoms with E-state index in [1.54, 1.807) is 6.20 Å². The molecule has 0 saturated heterocycles. The molecule has 1 unspecified atom stereocenters. The maximum atomic E-state index is 9.46. The Bertz CT molecular complexity index is 591. The summed E-state index contributed by atoms with van der Waals surface area (Å²) in [5, 5.41) is 9.46. The number of nitrogens with zero attached hydrogens (tertiary/aromatic N) is 3. The second-order valence-corrected chi connectivity index (χ2v) is 5.26. The highest BCUT2D eigenvalue weighted by atomic mass is 15.1. The number of hydrogen-bond donors (Lipinski definition) is 1. The van der Waals surface area contributed by atoms with Gasteiger partial charge in [-0.25, -0.2) is 0 Å². The van der Waals surface area contributed by atoms with E-state index < -0.39 is 5.54 Å². The average molecular weight is 280 g/mol. The molecule has 0 aliphatic heterocycles. The third kappa shape index (κ3) is 4.12. The van der Waals surface area contributed by atoms with Crippen molar-refractivity contribution >= 4 is 0 Å². The maximum absolute atomic E-state index is 9.46. The fourth-order valence-electron chi connectivity index (χ4n) is 2.28. The molecule has 1 aromatic heterocycles. The van der Waals surface area contributed by atoms with Crippen molar-refractivity contribution in [1.29, 1.82) is 5.26 Å². The number of aromatic nitrogens is 1. The monoisotopic (exact) mass is 280 g/mol. The van der Waals surface area contributed by atoms with Gasteiger partial charge in [-0.3, -0.25) is 4.98 Å². The molecule has 2 aromatic rings. The molecule has 108 valence electrons. The van der Waals surface area contributed by atoms with E-state index in [2.05, 4.69) is 16.0 Å². The van der Waals surface area contributed by atoms with Gasteiger partial charge in [0.05, 0.1) is 6.07 Å². The molecule has 0 aliphatic rings. The van der Waals surface area contributed by atoms with E-state index in [0.29, 0.717) is 6.54 Å². The number of nitriles is 1. The van der Waals surface area contributed by atoms with Gasteiger partial charge >= 0.3 is 0 Å². The molecule has 2 rings (SSSR count). The zero-order valence-corrected chi connectivity index (χ0v) is 12.2. The van der Waals surface area contributed by atoms with E-state index >= 15 is 0 Å². The largest absolute Gasteiger partial charge is 0.309 e. The lowest BCUT2D eigenvalue weighted by atomic mass is 9.92. The minimum absolute atomic E-state index is 0.486. The van der Waals surface area contributed by atoms with E-state index in [-0.39, 0.29) is 0 Å². The second-order valence-electron chi connectivity index (χ2n) is 5.26. The third-order valence-electron chi connectivity index (χ3n) is 3.48. The Morgan fingerprint density at radius 3 is 2.52 bits per heavy atom. The minimum Gasteiger partial charge on any atom is -0.309 e. The van der Waals surface area contributed by atoms with Gasteiger partial charge in [0, 0.05) is 31.4 Å². The molecule has 0 bridgehead atoms. The van der Waals surface area contributed by atoms with Crippen LogP contribution in [0.4, 0.5) is 0 Å². The van der Waals surface area contributed by atoms with Crippen LogP contribution in [-0.2, 0) is 12.0 Å². The second kappa shape index (κ2) is 6.98. The summed E-state index contributed by atoms with van der Waals surface area (Å²) >= 11 is 0. The first-order valence-electron chi connectivity index (χ1n) is 6.98. The first kappa shape index (κ1) is 15.2. The van der Waals surface area contributed by atoms with E-state index in [1.165, 1.54) is 0 Å². The molecular weight excluding hydrogens is 260 g/mol. The van der Waals surface area contributed by atoms with E-state index in [1.807, 2.05) is 55.6 Å². The summed E-state index contributed by atoms with van der Waals surface area (Å²) in [6.45, 7) is 1.30. The Balaban J connectivity index is 1.97. The fourth-order valence-corrected chi connectivity index (χ4v) is 2.28. The lowest BCUT2D eigenvalue weighted by molar-refractivity contribution is 0.284. The Labute approximate surface area is 125 Å². The predicted molar refractivity (Wildman–Crippen MR) is 83.4 cm³/mol. The van der Waals surface area contributed by atoms with E-state index in [9.17, 15) is 5.26 Å². The van der Waals surface area contributed by atoms with Gasteiger partial charge in [0.15, 0.2) is 0 Å². The van der Waals surface area contributed by atoms with Crippen molar-refractivity contribution in [3.8, 4) is 6.07 Å². The number of benzene rings is 1. The molecule has 0 spiro atoms. The Morgan fingerprint density at radius 1 is 1.19 bits per heavy atom. The van der Waals surface area contributed by atoms with Crippen molar-refractivity contribution in [3.05, 3.63) is 66.0 Å². The molecule has 1 aromatic carbocycles. The van der Waals surface area contributed by atoms with E-state index in [0.717, 1.165) is 24.2 Å². The molecular formula is C17H20N4. The van der Waals surface area contributed by atoms with Crippen molar-refractivity contribution in [2.75, 3.05) is 20.1 Å². The van der Waals surface area contributed by atoms with Crippen LogP contribution in [-0.4, -0.2) is 30.0 Å². The highest BCUT2D eigenvalue weighted by Crippen LogP contribution is 2.18. The SMILES string of the molecule is CN(CCc1ccccn1)CC(N)(C#N)c1ccccc1. The first-order chi connectivity index (χ1) is 10.1. The Morgan fingerprint density at radius 2 is 1.90 bits per heavy atom. The maximum Gasteiger partial charge on any atom is 0.142 e. The summed E-state index contributed by atoms with van der Waals surface area (Å²) < 4.78 is 0. The van der Waals surface area contributed by atoms with Crippen LogP contribution in [0.1, 0.15) is 11.3 Å². The summed E-state index contributed by atoms with van der Waals surface area (Å²) in [4.78, 5) is 6.38. The van der Waals surface area contributed by atoms with Crippen molar-refractivity contribution in [2.45, 2.75) is 12.0 Å². The molecule has 0 radical (unpaired) electrons. The van der Waals surface area contributed by atoms with Crippen LogP contribution in [0, 0.1) is 11.3 Å². The molecule has 2 N–H and O–H groups in total. The number of pyridine rings is 1. The van der Waals surface area contributed by atoms with Crippen molar-refractivity contribution < 1.29 is 0 Å². The van der Waals surface area contributed by atoms with Crippen LogP contribution < -0.4 is 5.73 Å². The van der Waals surface area contributed by atoms with Crippen LogP contribution in [0.2, 0.25) is 0 Å². The zero-order chi connectivity index (χ0) is 15.1. The number of nitrogens with two attached hydrogens (primary N) is 1. The van der Waals surface area contributed by atoms with Gasteiger partial charge in [-0.15, -0.1) is 0 Å². The minimum atomic E-state index is -0.986.